The Labute approximate surface area is 116 Å². The highest BCUT2D eigenvalue weighted by atomic mass is 35.5. The first kappa shape index (κ1) is 14.5. The maximum absolute atomic E-state index is 5.71. The molecular weight excluding hydrogens is 275 g/mol. The second-order valence-electron chi connectivity index (χ2n) is 3.61. The van der Waals surface area contributed by atoms with Gasteiger partial charge in [-0.1, -0.05) is 17.7 Å². The van der Waals surface area contributed by atoms with Gasteiger partial charge in [-0.25, -0.2) is 4.98 Å². The molecule has 0 fully saturated rings. The number of nitrogens with one attached hydrogen (secondary N) is 1. The van der Waals surface area contributed by atoms with E-state index in [-0.39, 0.29) is 12.4 Å². The van der Waals surface area contributed by atoms with Gasteiger partial charge in [0.2, 0.25) is 0 Å². The zero-order valence-corrected chi connectivity index (χ0v) is 11.8. The van der Waals surface area contributed by atoms with Crippen LogP contribution in [0.15, 0.2) is 30.5 Å². The van der Waals surface area contributed by atoms with Crippen LogP contribution in [0.4, 0.5) is 0 Å². The maximum Gasteiger partial charge on any atom is 0.129 e. The number of thiophene rings is 1. The van der Waals surface area contributed by atoms with Crippen LogP contribution in [0.25, 0.3) is 0 Å². The molecule has 0 radical (unpaired) electrons. The monoisotopic (exact) mass is 288 g/mol. The van der Waals surface area contributed by atoms with Crippen LogP contribution in [0, 0.1) is 6.92 Å². The zero-order chi connectivity index (χ0) is 11.4. The van der Waals surface area contributed by atoms with E-state index in [2.05, 4.69) is 29.4 Å². The minimum Gasteiger partial charge on any atom is -0.308 e. The van der Waals surface area contributed by atoms with Crippen LogP contribution in [0.2, 0.25) is 5.15 Å². The molecule has 0 saturated carbocycles. The summed E-state index contributed by atoms with van der Waals surface area (Å²) >= 11 is 7.54. The fraction of sp³-hybridized carbons (Fsp3) is 0.250. The van der Waals surface area contributed by atoms with E-state index < -0.39 is 0 Å². The van der Waals surface area contributed by atoms with E-state index >= 15 is 0 Å². The van der Waals surface area contributed by atoms with Gasteiger partial charge in [-0.2, -0.15) is 0 Å². The van der Waals surface area contributed by atoms with E-state index in [1.807, 2.05) is 23.5 Å². The standard InChI is InChI=1S/C12H13ClN2S.ClH/c1-9-2-4-11(16-9)8-14-6-10-3-5-12(13)15-7-10;/h2-5,7,14H,6,8H2,1H3;1H. The number of hydrogen-bond acceptors (Lipinski definition) is 3. The molecule has 0 unspecified atom stereocenters. The summed E-state index contributed by atoms with van der Waals surface area (Å²) in [6.07, 6.45) is 1.80. The van der Waals surface area contributed by atoms with E-state index in [0.29, 0.717) is 5.15 Å². The molecule has 0 aliphatic heterocycles. The highest BCUT2D eigenvalue weighted by Gasteiger charge is 1.97. The molecule has 2 heterocycles. The van der Waals surface area contributed by atoms with Crippen LogP contribution in [-0.2, 0) is 13.1 Å². The minimum absolute atomic E-state index is 0. The third-order valence-electron chi connectivity index (χ3n) is 2.21. The van der Waals surface area contributed by atoms with Crippen LogP contribution in [0.3, 0.4) is 0 Å². The SMILES string of the molecule is Cc1ccc(CNCc2ccc(Cl)nc2)s1.Cl. The van der Waals surface area contributed by atoms with Gasteiger partial charge in [-0.05, 0) is 30.7 Å². The number of pyridine rings is 1. The number of rotatable bonds is 4. The van der Waals surface area contributed by atoms with Crippen molar-refractivity contribution in [2.24, 2.45) is 0 Å². The number of aromatic nitrogens is 1. The lowest BCUT2D eigenvalue weighted by atomic mass is 10.3. The molecule has 2 rings (SSSR count). The van der Waals surface area contributed by atoms with Gasteiger partial charge in [0.1, 0.15) is 5.15 Å². The Hall–Kier alpha value is -0.610. The van der Waals surface area contributed by atoms with Crippen LogP contribution in [0.1, 0.15) is 15.3 Å². The normalized spacial score (nSPS) is 10.0. The lowest BCUT2D eigenvalue weighted by molar-refractivity contribution is 0.699. The second-order valence-corrected chi connectivity index (χ2v) is 5.36. The summed E-state index contributed by atoms with van der Waals surface area (Å²) in [6, 6.07) is 8.11. The fourth-order valence-electron chi connectivity index (χ4n) is 1.42. The molecule has 0 aromatic carbocycles. The van der Waals surface area contributed by atoms with Gasteiger partial charge in [-0.15, -0.1) is 23.7 Å². The van der Waals surface area contributed by atoms with Crippen molar-refractivity contribution in [1.29, 1.82) is 0 Å². The molecule has 0 aliphatic rings. The lowest BCUT2D eigenvalue weighted by Gasteiger charge is -2.02. The average molecular weight is 289 g/mol. The van der Waals surface area contributed by atoms with Crippen molar-refractivity contribution in [3.63, 3.8) is 0 Å². The van der Waals surface area contributed by atoms with Gasteiger partial charge in [0.05, 0.1) is 0 Å². The molecule has 92 valence electrons. The van der Waals surface area contributed by atoms with Gasteiger partial charge in [0.25, 0.3) is 0 Å². The first-order valence-corrected chi connectivity index (χ1v) is 6.30. The molecule has 2 aromatic heterocycles. The van der Waals surface area contributed by atoms with E-state index in [0.717, 1.165) is 18.7 Å². The molecule has 0 bridgehead atoms. The summed E-state index contributed by atoms with van der Waals surface area (Å²) in [6.45, 7) is 3.85. The third-order valence-corrected chi connectivity index (χ3v) is 3.44. The minimum atomic E-state index is 0. The summed E-state index contributed by atoms with van der Waals surface area (Å²) in [5.74, 6) is 0. The van der Waals surface area contributed by atoms with Gasteiger partial charge >= 0.3 is 0 Å². The van der Waals surface area contributed by atoms with Crippen molar-refractivity contribution in [2.75, 3.05) is 0 Å². The summed E-state index contributed by atoms with van der Waals surface area (Å²) in [5.41, 5.74) is 1.15. The third kappa shape index (κ3) is 4.64. The van der Waals surface area contributed by atoms with Crippen LogP contribution >= 0.6 is 35.3 Å². The molecule has 2 nitrogen and oxygen atoms in total. The molecule has 0 saturated heterocycles. The highest BCUT2D eigenvalue weighted by Crippen LogP contribution is 2.14. The molecular formula is C12H14Cl2N2S. The van der Waals surface area contributed by atoms with Crippen LogP contribution in [0.5, 0.6) is 0 Å². The first-order valence-electron chi connectivity index (χ1n) is 5.10. The van der Waals surface area contributed by atoms with Gasteiger partial charge in [-0.3, -0.25) is 0 Å². The Bertz CT molecular complexity index is 454. The number of nitrogens with zero attached hydrogens (tertiary/aromatic N) is 1. The topological polar surface area (TPSA) is 24.9 Å². The van der Waals surface area contributed by atoms with Crippen molar-refractivity contribution in [2.45, 2.75) is 20.0 Å². The number of hydrogen-bond donors (Lipinski definition) is 1. The van der Waals surface area contributed by atoms with E-state index in [1.165, 1.54) is 9.75 Å². The molecule has 17 heavy (non-hydrogen) atoms. The molecule has 0 atom stereocenters. The van der Waals surface area contributed by atoms with Crippen molar-refractivity contribution in [3.05, 3.63) is 50.9 Å². The zero-order valence-electron chi connectivity index (χ0n) is 9.44. The van der Waals surface area contributed by atoms with Gasteiger partial charge < -0.3 is 5.32 Å². The highest BCUT2D eigenvalue weighted by molar-refractivity contribution is 7.11. The molecule has 5 heteroatoms. The molecule has 0 aliphatic carbocycles. The largest absolute Gasteiger partial charge is 0.308 e. The summed E-state index contributed by atoms with van der Waals surface area (Å²) < 4.78 is 0. The molecule has 0 spiro atoms. The number of halogens is 2. The predicted octanol–water partition coefficient (Wildman–Crippen LogP) is 3.82. The van der Waals surface area contributed by atoms with E-state index in [4.69, 9.17) is 11.6 Å². The van der Waals surface area contributed by atoms with E-state index in [1.54, 1.807) is 6.20 Å². The quantitative estimate of drug-likeness (QED) is 0.866. The predicted molar refractivity (Wildman–Crippen MR) is 76.1 cm³/mol. The van der Waals surface area contributed by atoms with E-state index in [9.17, 15) is 0 Å². The Kier molecular flexibility index (Phi) is 5.92. The van der Waals surface area contributed by atoms with Crippen molar-refractivity contribution >= 4 is 35.3 Å². The summed E-state index contributed by atoms with van der Waals surface area (Å²) in [5, 5.41) is 3.92. The number of aryl methyl sites for hydroxylation is 1. The smallest absolute Gasteiger partial charge is 0.129 e. The van der Waals surface area contributed by atoms with Crippen molar-refractivity contribution in [3.8, 4) is 0 Å². The van der Waals surface area contributed by atoms with Crippen LogP contribution in [-0.4, -0.2) is 4.98 Å². The second kappa shape index (κ2) is 6.97. The summed E-state index contributed by atoms with van der Waals surface area (Å²) in [7, 11) is 0. The van der Waals surface area contributed by atoms with Crippen LogP contribution < -0.4 is 5.32 Å². The molecule has 0 amide bonds. The Morgan fingerprint density at radius 2 is 2.06 bits per heavy atom. The fourth-order valence-corrected chi connectivity index (χ4v) is 2.39. The average Bonchev–Trinajstić information content (AvgIpc) is 2.67. The molecule has 1 N–H and O–H groups in total. The van der Waals surface area contributed by atoms with Gasteiger partial charge in [0, 0.05) is 29.0 Å². The Morgan fingerprint density at radius 1 is 1.24 bits per heavy atom. The maximum atomic E-state index is 5.71. The lowest BCUT2D eigenvalue weighted by Crippen LogP contribution is -2.11. The summed E-state index contributed by atoms with van der Waals surface area (Å²) in [4.78, 5) is 6.75. The Morgan fingerprint density at radius 3 is 2.65 bits per heavy atom. The first-order chi connectivity index (χ1) is 7.74. The Balaban J connectivity index is 0.00000144. The molecule has 2 aromatic rings. The van der Waals surface area contributed by atoms with Gasteiger partial charge in [0.15, 0.2) is 0 Å². The van der Waals surface area contributed by atoms with Crippen molar-refractivity contribution in [1.82, 2.24) is 10.3 Å². The van der Waals surface area contributed by atoms with Crippen molar-refractivity contribution < 1.29 is 0 Å².